The lowest BCUT2D eigenvalue weighted by Crippen LogP contribution is -2.37. The molecule has 0 saturated heterocycles. The normalized spacial score (nSPS) is 12.5. The molecule has 5 heteroatoms. The smallest absolute Gasteiger partial charge is 0.329 e. The van der Waals surface area contributed by atoms with Crippen molar-refractivity contribution < 1.29 is 19.1 Å². The molecule has 0 aliphatic rings. The van der Waals surface area contributed by atoms with E-state index < -0.39 is 18.1 Å². The fraction of sp³-hybridized carbons (Fsp3) is 0.192. The Labute approximate surface area is 182 Å². The highest BCUT2D eigenvalue weighted by Gasteiger charge is 2.28. The number of esters is 1. The van der Waals surface area contributed by atoms with Crippen LogP contribution in [0.2, 0.25) is 0 Å². The van der Waals surface area contributed by atoms with Crippen LogP contribution < -0.4 is 5.32 Å². The van der Waals surface area contributed by atoms with Crippen molar-refractivity contribution in [1.29, 1.82) is 0 Å². The Morgan fingerprint density at radius 2 is 1.39 bits per heavy atom. The van der Waals surface area contributed by atoms with E-state index >= 15 is 0 Å². The predicted octanol–water partition coefficient (Wildman–Crippen LogP) is 4.86. The quantitative estimate of drug-likeness (QED) is 0.399. The van der Waals surface area contributed by atoms with Crippen LogP contribution in [0.15, 0.2) is 84.9 Å². The van der Waals surface area contributed by atoms with E-state index in [1.54, 1.807) is 55.5 Å². The van der Waals surface area contributed by atoms with E-state index in [1.807, 2.05) is 43.3 Å². The van der Waals surface area contributed by atoms with Crippen molar-refractivity contribution in [2.45, 2.75) is 32.4 Å². The number of benzene rings is 3. The van der Waals surface area contributed by atoms with E-state index in [9.17, 15) is 14.4 Å². The van der Waals surface area contributed by atoms with Gasteiger partial charge in [-0.2, -0.15) is 0 Å². The summed E-state index contributed by atoms with van der Waals surface area (Å²) >= 11 is 0. The van der Waals surface area contributed by atoms with Crippen LogP contribution in [-0.4, -0.2) is 29.7 Å². The van der Waals surface area contributed by atoms with Crippen molar-refractivity contribution in [3.8, 4) is 0 Å². The molecular weight excluding hydrogens is 390 g/mol. The van der Waals surface area contributed by atoms with Crippen LogP contribution in [0, 0.1) is 6.92 Å². The lowest BCUT2D eigenvalue weighted by atomic mass is 10.0. The molecule has 2 atom stereocenters. The Kier molecular flexibility index (Phi) is 7.33. The monoisotopic (exact) mass is 415 g/mol. The first-order valence-electron chi connectivity index (χ1n) is 10.2. The standard InChI is InChI=1S/C26H25NO4/c1-18-13-15-21(16-14-18)25(29)19(2)31-26(30)23(27-22-11-7-4-8-12-22)17-24(28)20-9-5-3-6-10-20/h3-16,19,23,27H,17H2,1-2H3. The Morgan fingerprint density at radius 3 is 2.00 bits per heavy atom. The summed E-state index contributed by atoms with van der Waals surface area (Å²) < 4.78 is 5.46. The fourth-order valence-corrected chi connectivity index (χ4v) is 3.12. The molecule has 0 bridgehead atoms. The molecule has 0 spiro atoms. The molecule has 3 rings (SSSR count). The largest absolute Gasteiger partial charge is 0.453 e. The molecule has 0 amide bonds. The van der Waals surface area contributed by atoms with Gasteiger partial charge in [-0.15, -0.1) is 0 Å². The van der Waals surface area contributed by atoms with Gasteiger partial charge in [0.05, 0.1) is 0 Å². The van der Waals surface area contributed by atoms with Crippen LogP contribution in [0.1, 0.15) is 39.6 Å². The second kappa shape index (κ2) is 10.3. The van der Waals surface area contributed by atoms with Gasteiger partial charge in [0.2, 0.25) is 5.78 Å². The van der Waals surface area contributed by atoms with Gasteiger partial charge < -0.3 is 10.1 Å². The molecule has 3 aromatic carbocycles. The Morgan fingerprint density at radius 1 is 0.806 bits per heavy atom. The van der Waals surface area contributed by atoms with E-state index in [4.69, 9.17) is 4.74 Å². The maximum atomic E-state index is 12.9. The molecule has 3 aromatic rings. The molecule has 0 aliphatic heterocycles. The number of ketones is 2. The van der Waals surface area contributed by atoms with E-state index in [1.165, 1.54) is 0 Å². The number of Topliss-reactive ketones (excluding diaryl/α,β-unsaturated/α-hetero) is 2. The van der Waals surface area contributed by atoms with E-state index in [0.717, 1.165) is 5.56 Å². The molecule has 5 nitrogen and oxygen atoms in total. The van der Waals surface area contributed by atoms with Gasteiger partial charge in [-0.1, -0.05) is 78.4 Å². The lowest BCUT2D eigenvalue weighted by Gasteiger charge is -2.21. The topological polar surface area (TPSA) is 72.5 Å². The summed E-state index contributed by atoms with van der Waals surface area (Å²) in [5, 5.41) is 3.06. The first-order valence-corrected chi connectivity index (χ1v) is 10.2. The van der Waals surface area contributed by atoms with Gasteiger partial charge in [0.1, 0.15) is 6.04 Å². The van der Waals surface area contributed by atoms with Crippen LogP contribution in [0.3, 0.4) is 0 Å². The third kappa shape index (κ3) is 6.12. The average Bonchev–Trinajstić information content (AvgIpc) is 2.79. The number of anilines is 1. The average molecular weight is 415 g/mol. The molecule has 0 aliphatic carbocycles. The first kappa shape index (κ1) is 22.0. The number of para-hydroxylation sites is 1. The molecule has 2 unspecified atom stereocenters. The van der Waals surface area contributed by atoms with Crippen LogP contribution in [0.25, 0.3) is 0 Å². The highest BCUT2D eigenvalue weighted by Crippen LogP contribution is 2.15. The molecule has 0 radical (unpaired) electrons. The number of hydrogen-bond acceptors (Lipinski definition) is 5. The third-order valence-electron chi connectivity index (χ3n) is 4.88. The maximum absolute atomic E-state index is 12.9. The van der Waals surface area contributed by atoms with Crippen molar-refractivity contribution >= 4 is 23.2 Å². The first-order chi connectivity index (χ1) is 14.9. The maximum Gasteiger partial charge on any atom is 0.329 e. The van der Waals surface area contributed by atoms with Crippen LogP contribution >= 0.6 is 0 Å². The summed E-state index contributed by atoms with van der Waals surface area (Å²) in [7, 11) is 0. The predicted molar refractivity (Wildman–Crippen MR) is 120 cm³/mol. The van der Waals surface area contributed by atoms with E-state index in [-0.39, 0.29) is 18.0 Å². The lowest BCUT2D eigenvalue weighted by molar-refractivity contribution is -0.147. The number of aryl methyl sites for hydroxylation is 1. The van der Waals surface area contributed by atoms with Crippen LogP contribution in [0.5, 0.6) is 0 Å². The molecule has 0 heterocycles. The Hall–Kier alpha value is -3.73. The number of carbonyl (C=O) groups is 3. The Bertz CT molecular complexity index is 1030. The third-order valence-corrected chi connectivity index (χ3v) is 4.88. The van der Waals surface area contributed by atoms with Crippen molar-refractivity contribution in [3.63, 3.8) is 0 Å². The number of nitrogens with one attached hydrogen (secondary N) is 1. The van der Waals surface area contributed by atoms with Gasteiger partial charge >= 0.3 is 5.97 Å². The molecule has 1 N–H and O–H groups in total. The van der Waals surface area contributed by atoms with Crippen LogP contribution in [0.4, 0.5) is 5.69 Å². The van der Waals surface area contributed by atoms with Crippen molar-refractivity contribution in [2.24, 2.45) is 0 Å². The minimum Gasteiger partial charge on any atom is -0.453 e. The second-order valence-corrected chi connectivity index (χ2v) is 7.37. The van der Waals surface area contributed by atoms with Gasteiger partial charge in [0, 0.05) is 23.2 Å². The van der Waals surface area contributed by atoms with Gasteiger partial charge in [-0.25, -0.2) is 4.79 Å². The molecule has 158 valence electrons. The van der Waals surface area contributed by atoms with Gasteiger partial charge in [0.15, 0.2) is 11.9 Å². The minimum atomic E-state index is -0.970. The molecular formula is C26H25NO4. The molecule has 0 fully saturated rings. The number of carbonyl (C=O) groups excluding carboxylic acids is 3. The van der Waals surface area contributed by atoms with Gasteiger partial charge in [-0.3, -0.25) is 9.59 Å². The van der Waals surface area contributed by atoms with Gasteiger partial charge in [0.25, 0.3) is 0 Å². The summed E-state index contributed by atoms with van der Waals surface area (Å²) in [6, 6.07) is 24.0. The van der Waals surface area contributed by atoms with Gasteiger partial charge in [-0.05, 0) is 26.0 Å². The minimum absolute atomic E-state index is 0.0941. The number of hydrogen-bond donors (Lipinski definition) is 1. The summed E-state index contributed by atoms with van der Waals surface area (Å²) in [4.78, 5) is 38.3. The number of ether oxygens (including phenoxy) is 1. The Balaban J connectivity index is 1.73. The van der Waals surface area contributed by atoms with E-state index in [0.29, 0.717) is 16.8 Å². The van der Waals surface area contributed by atoms with Crippen LogP contribution in [-0.2, 0) is 9.53 Å². The molecule has 0 saturated carbocycles. The number of rotatable bonds is 9. The fourth-order valence-electron chi connectivity index (χ4n) is 3.12. The van der Waals surface area contributed by atoms with Crippen molar-refractivity contribution in [3.05, 3.63) is 102 Å². The summed E-state index contributed by atoms with van der Waals surface area (Å²) in [5.74, 6) is -1.13. The molecule has 31 heavy (non-hydrogen) atoms. The zero-order chi connectivity index (χ0) is 22.2. The zero-order valence-electron chi connectivity index (χ0n) is 17.6. The summed E-state index contributed by atoms with van der Waals surface area (Å²) in [6.45, 7) is 3.47. The highest BCUT2D eigenvalue weighted by atomic mass is 16.5. The van der Waals surface area contributed by atoms with Crippen molar-refractivity contribution in [1.82, 2.24) is 0 Å². The summed E-state index contributed by atoms with van der Waals surface area (Å²) in [6.07, 6.45) is -1.06. The SMILES string of the molecule is Cc1ccc(C(=O)C(C)OC(=O)C(CC(=O)c2ccccc2)Nc2ccccc2)cc1. The van der Waals surface area contributed by atoms with E-state index in [2.05, 4.69) is 5.32 Å². The van der Waals surface area contributed by atoms with Crippen molar-refractivity contribution in [2.75, 3.05) is 5.32 Å². The second-order valence-electron chi connectivity index (χ2n) is 7.37. The summed E-state index contributed by atoms with van der Waals surface area (Å²) in [5.41, 5.74) is 2.70. The highest BCUT2D eigenvalue weighted by molar-refractivity contribution is 6.02. The zero-order valence-corrected chi connectivity index (χ0v) is 17.6. The molecule has 0 aromatic heterocycles.